The van der Waals surface area contributed by atoms with Gasteiger partial charge >= 0.3 is 6.09 Å². The fraction of sp³-hybridized carbons (Fsp3) is 0.125. The summed E-state index contributed by atoms with van der Waals surface area (Å²) in [5.41, 5.74) is 4.71. The Hall–Kier alpha value is -2.11. The van der Waals surface area contributed by atoms with Gasteiger partial charge in [0.05, 0.1) is 0 Å². The maximum Gasteiger partial charge on any atom is 0.423 e. The van der Waals surface area contributed by atoms with Gasteiger partial charge in [-0.1, -0.05) is 0 Å². The van der Waals surface area contributed by atoms with Gasteiger partial charge in [-0.05, 0) is 19.1 Å². The lowest BCUT2D eigenvalue weighted by Gasteiger charge is -2.04. The first-order valence-electron chi connectivity index (χ1n) is 3.81. The van der Waals surface area contributed by atoms with Gasteiger partial charge < -0.3 is 5.11 Å². The molecule has 1 rings (SSSR count). The first kappa shape index (κ1) is 9.97. The zero-order chi connectivity index (χ0) is 10.6. The maximum absolute atomic E-state index is 10.9. The number of Topliss-reactive ketones (excluding diaryl/α,β-unsaturated/α-hetero) is 1. The van der Waals surface area contributed by atoms with Gasteiger partial charge in [0.25, 0.3) is 0 Å². The van der Waals surface area contributed by atoms with Crippen LogP contribution in [0, 0.1) is 0 Å². The second-order valence-corrected chi connectivity index (χ2v) is 2.54. The van der Waals surface area contributed by atoms with E-state index in [9.17, 15) is 9.59 Å². The molecule has 1 aromatic rings. The van der Waals surface area contributed by atoms with Crippen LogP contribution in [-0.2, 0) is 0 Å². The van der Waals surface area contributed by atoms with Crippen LogP contribution < -0.4 is 10.9 Å². The minimum absolute atomic E-state index is 0.106. The van der Waals surface area contributed by atoms with E-state index in [1.807, 2.05) is 5.43 Å². The lowest BCUT2D eigenvalue weighted by molar-refractivity contribution is 0.101. The van der Waals surface area contributed by atoms with Crippen LogP contribution in [0.4, 0.5) is 10.6 Å². The molecule has 1 heterocycles. The molecule has 0 atom stereocenters. The first-order chi connectivity index (χ1) is 6.59. The van der Waals surface area contributed by atoms with E-state index in [4.69, 9.17) is 5.11 Å². The number of pyridine rings is 1. The van der Waals surface area contributed by atoms with Gasteiger partial charge in [-0.15, -0.1) is 0 Å². The van der Waals surface area contributed by atoms with Crippen LogP contribution in [0.2, 0.25) is 0 Å². The standard InChI is InChI=1S/C8H9N3O3/c1-5(12)6-2-3-9-7(4-6)10-11-8(13)14/h2-4,11H,1H3,(H,9,10)(H,13,14). The van der Waals surface area contributed by atoms with Crippen molar-refractivity contribution in [3.05, 3.63) is 23.9 Å². The highest BCUT2D eigenvalue weighted by Gasteiger charge is 2.01. The number of hydrogen-bond donors (Lipinski definition) is 3. The molecule has 0 aliphatic rings. The summed E-state index contributed by atoms with van der Waals surface area (Å²) in [6, 6.07) is 3.01. The van der Waals surface area contributed by atoms with Crippen molar-refractivity contribution in [3.8, 4) is 0 Å². The molecule has 0 bridgehead atoms. The molecule has 0 radical (unpaired) electrons. The minimum Gasteiger partial charge on any atom is -0.464 e. The molecule has 6 heteroatoms. The molecule has 0 fully saturated rings. The highest BCUT2D eigenvalue weighted by atomic mass is 16.4. The number of rotatable bonds is 3. The van der Waals surface area contributed by atoms with Crippen molar-refractivity contribution in [2.45, 2.75) is 6.92 Å². The summed E-state index contributed by atoms with van der Waals surface area (Å²) in [7, 11) is 0. The van der Waals surface area contributed by atoms with Crippen LogP contribution >= 0.6 is 0 Å². The van der Waals surface area contributed by atoms with Crippen molar-refractivity contribution >= 4 is 17.7 Å². The second-order valence-electron chi connectivity index (χ2n) is 2.54. The van der Waals surface area contributed by atoms with Gasteiger partial charge in [-0.2, -0.15) is 0 Å². The van der Waals surface area contributed by atoms with E-state index in [1.165, 1.54) is 19.2 Å². The monoisotopic (exact) mass is 195 g/mol. The molecule has 0 spiro atoms. The van der Waals surface area contributed by atoms with Crippen LogP contribution in [0.1, 0.15) is 17.3 Å². The number of hydrogen-bond acceptors (Lipinski definition) is 4. The van der Waals surface area contributed by atoms with Crippen LogP contribution in [0.5, 0.6) is 0 Å². The van der Waals surface area contributed by atoms with E-state index >= 15 is 0 Å². The first-order valence-corrected chi connectivity index (χ1v) is 3.81. The Kier molecular flexibility index (Phi) is 3.01. The summed E-state index contributed by atoms with van der Waals surface area (Å²) in [5.74, 6) is 0.172. The van der Waals surface area contributed by atoms with Crippen LogP contribution in [0.25, 0.3) is 0 Å². The molecule has 1 amide bonds. The van der Waals surface area contributed by atoms with Crippen LogP contribution in [-0.4, -0.2) is 22.0 Å². The number of aromatic nitrogens is 1. The molecule has 1 aromatic heterocycles. The largest absolute Gasteiger partial charge is 0.464 e. The highest BCUT2D eigenvalue weighted by Crippen LogP contribution is 2.05. The molecule has 6 nitrogen and oxygen atoms in total. The topological polar surface area (TPSA) is 91.3 Å². The zero-order valence-electron chi connectivity index (χ0n) is 7.44. The molecule has 0 saturated heterocycles. The summed E-state index contributed by atoms with van der Waals surface area (Å²) >= 11 is 0. The number of hydrazine groups is 1. The number of anilines is 1. The van der Waals surface area contributed by atoms with Crippen molar-refractivity contribution in [1.82, 2.24) is 10.4 Å². The third-order valence-corrected chi connectivity index (χ3v) is 1.46. The number of carbonyl (C=O) groups excluding carboxylic acids is 1. The summed E-state index contributed by atoms with van der Waals surface area (Å²) < 4.78 is 0. The predicted octanol–water partition coefficient (Wildman–Crippen LogP) is 0.879. The molecular formula is C8H9N3O3. The quantitative estimate of drug-likeness (QED) is 0.492. The molecule has 3 N–H and O–H groups in total. The molecular weight excluding hydrogens is 186 g/mol. The molecule has 0 aliphatic heterocycles. The van der Waals surface area contributed by atoms with E-state index in [0.717, 1.165) is 0 Å². The van der Waals surface area contributed by atoms with Gasteiger partial charge in [0.1, 0.15) is 5.82 Å². The molecule has 0 unspecified atom stereocenters. The number of carboxylic acid groups (broad SMARTS) is 1. The fourth-order valence-corrected chi connectivity index (χ4v) is 0.835. The van der Waals surface area contributed by atoms with Crippen molar-refractivity contribution < 1.29 is 14.7 Å². The minimum atomic E-state index is -1.22. The Labute approximate surface area is 79.9 Å². The average Bonchev–Trinajstić information content (AvgIpc) is 2.15. The summed E-state index contributed by atoms with van der Waals surface area (Å²) in [4.78, 5) is 24.9. The van der Waals surface area contributed by atoms with Crippen molar-refractivity contribution in [2.75, 3.05) is 5.43 Å². The van der Waals surface area contributed by atoms with Gasteiger partial charge in [0, 0.05) is 11.8 Å². The summed E-state index contributed by atoms with van der Waals surface area (Å²) in [6.45, 7) is 1.42. The van der Waals surface area contributed by atoms with Gasteiger partial charge in [0.2, 0.25) is 0 Å². The van der Waals surface area contributed by atoms with E-state index < -0.39 is 6.09 Å². The van der Waals surface area contributed by atoms with Crippen LogP contribution in [0.3, 0.4) is 0 Å². The average molecular weight is 195 g/mol. The van der Waals surface area contributed by atoms with Crippen molar-refractivity contribution in [3.63, 3.8) is 0 Å². The van der Waals surface area contributed by atoms with Gasteiger partial charge in [-0.3, -0.25) is 10.2 Å². The lowest BCUT2D eigenvalue weighted by atomic mass is 10.2. The summed E-state index contributed by atoms with van der Waals surface area (Å²) in [5, 5.41) is 8.28. The smallest absolute Gasteiger partial charge is 0.423 e. The second kappa shape index (κ2) is 4.22. The molecule has 0 aliphatic carbocycles. The molecule has 14 heavy (non-hydrogen) atoms. The van der Waals surface area contributed by atoms with Crippen molar-refractivity contribution in [1.29, 1.82) is 0 Å². The third-order valence-electron chi connectivity index (χ3n) is 1.46. The predicted molar refractivity (Wildman–Crippen MR) is 49.0 cm³/mol. The number of carbonyl (C=O) groups is 2. The summed E-state index contributed by atoms with van der Waals surface area (Å²) in [6.07, 6.45) is 0.197. The number of nitrogens with zero attached hydrogens (tertiary/aromatic N) is 1. The molecule has 0 saturated carbocycles. The van der Waals surface area contributed by atoms with E-state index in [-0.39, 0.29) is 11.6 Å². The van der Waals surface area contributed by atoms with E-state index in [0.29, 0.717) is 5.56 Å². The van der Waals surface area contributed by atoms with Gasteiger partial charge in [0.15, 0.2) is 5.78 Å². The Balaban J connectivity index is 2.73. The number of amides is 1. The maximum atomic E-state index is 10.9. The van der Waals surface area contributed by atoms with E-state index in [2.05, 4.69) is 10.4 Å². The Morgan fingerprint density at radius 1 is 1.50 bits per heavy atom. The Bertz CT molecular complexity index is 365. The Morgan fingerprint density at radius 3 is 2.79 bits per heavy atom. The van der Waals surface area contributed by atoms with Crippen LogP contribution in [0.15, 0.2) is 18.3 Å². The SMILES string of the molecule is CC(=O)c1ccnc(NNC(=O)O)c1. The van der Waals surface area contributed by atoms with Gasteiger partial charge in [-0.25, -0.2) is 15.2 Å². The third kappa shape index (κ3) is 2.74. The molecule has 0 aromatic carbocycles. The number of ketones is 1. The fourth-order valence-electron chi connectivity index (χ4n) is 0.835. The highest BCUT2D eigenvalue weighted by molar-refractivity contribution is 5.94. The van der Waals surface area contributed by atoms with E-state index in [1.54, 1.807) is 6.07 Å². The zero-order valence-corrected chi connectivity index (χ0v) is 7.44. The van der Waals surface area contributed by atoms with Crippen molar-refractivity contribution in [2.24, 2.45) is 0 Å². The Morgan fingerprint density at radius 2 is 2.21 bits per heavy atom. The lowest BCUT2D eigenvalue weighted by Crippen LogP contribution is -2.27. The number of nitrogens with one attached hydrogen (secondary N) is 2. The molecule has 74 valence electrons. The normalized spacial score (nSPS) is 9.21.